The third kappa shape index (κ3) is 3.23. The van der Waals surface area contributed by atoms with E-state index in [1.54, 1.807) is 48.5 Å². The van der Waals surface area contributed by atoms with Gasteiger partial charge >= 0.3 is 5.97 Å². The Morgan fingerprint density at radius 1 is 1.10 bits per heavy atom. The molecule has 0 saturated heterocycles. The Labute approximate surface area is 116 Å². The lowest BCUT2D eigenvalue weighted by atomic mass is 10.2. The summed E-state index contributed by atoms with van der Waals surface area (Å²) in [4.78, 5) is 22.8. The van der Waals surface area contributed by atoms with Crippen molar-refractivity contribution in [2.75, 3.05) is 6.61 Å². The summed E-state index contributed by atoms with van der Waals surface area (Å²) in [5, 5.41) is 0. The van der Waals surface area contributed by atoms with Gasteiger partial charge in [-0.15, -0.1) is 0 Å². The minimum atomic E-state index is -0.512. The second kappa shape index (κ2) is 6.52. The standard InChI is InChI=1S/C16H14O4/c1-2-19-14-9-7-12(8-10-14)16(18)20-15-6-4-3-5-13(15)11-17/h3-11H,2H2,1H3. The number of para-hydroxylation sites is 1. The van der Waals surface area contributed by atoms with Crippen LogP contribution in [0.2, 0.25) is 0 Å². The number of ether oxygens (including phenoxy) is 2. The lowest BCUT2D eigenvalue weighted by Crippen LogP contribution is -2.09. The topological polar surface area (TPSA) is 52.6 Å². The van der Waals surface area contributed by atoms with Gasteiger partial charge in [-0.3, -0.25) is 4.79 Å². The van der Waals surface area contributed by atoms with Crippen LogP contribution in [0.4, 0.5) is 0 Å². The molecule has 20 heavy (non-hydrogen) atoms. The zero-order chi connectivity index (χ0) is 14.4. The van der Waals surface area contributed by atoms with Crippen molar-refractivity contribution < 1.29 is 19.1 Å². The maximum atomic E-state index is 12.0. The Balaban J connectivity index is 2.13. The maximum absolute atomic E-state index is 12.0. The van der Waals surface area contributed by atoms with Crippen LogP contribution in [0.25, 0.3) is 0 Å². The molecule has 2 aromatic carbocycles. The van der Waals surface area contributed by atoms with Gasteiger partial charge in [-0.2, -0.15) is 0 Å². The Hall–Kier alpha value is -2.62. The van der Waals surface area contributed by atoms with Gasteiger partial charge in [0.25, 0.3) is 0 Å². The van der Waals surface area contributed by atoms with Crippen molar-refractivity contribution in [3.05, 3.63) is 59.7 Å². The first-order valence-electron chi connectivity index (χ1n) is 6.24. The molecule has 2 rings (SSSR count). The van der Waals surface area contributed by atoms with Crippen molar-refractivity contribution in [3.63, 3.8) is 0 Å². The average molecular weight is 270 g/mol. The summed E-state index contributed by atoms with van der Waals surface area (Å²) in [7, 11) is 0. The molecule has 0 unspecified atom stereocenters. The lowest BCUT2D eigenvalue weighted by molar-refractivity contribution is 0.0733. The van der Waals surface area contributed by atoms with Crippen LogP contribution < -0.4 is 9.47 Å². The van der Waals surface area contributed by atoms with Crippen molar-refractivity contribution in [1.82, 2.24) is 0 Å². The largest absolute Gasteiger partial charge is 0.494 e. The fourth-order valence-electron chi connectivity index (χ4n) is 1.68. The van der Waals surface area contributed by atoms with Crippen molar-refractivity contribution in [2.24, 2.45) is 0 Å². The number of aldehydes is 1. The second-order valence-electron chi connectivity index (χ2n) is 4.00. The van der Waals surface area contributed by atoms with Crippen LogP contribution in [-0.2, 0) is 0 Å². The van der Waals surface area contributed by atoms with E-state index in [0.29, 0.717) is 29.8 Å². The molecule has 0 atom stereocenters. The highest BCUT2D eigenvalue weighted by Gasteiger charge is 2.11. The van der Waals surface area contributed by atoms with Gasteiger partial charge in [0.1, 0.15) is 11.5 Å². The van der Waals surface area contributed by atoms with Crippen LogP contribution in [0.15, 0.2) is 48.5 Å². The number of benzene rings is 2. The summed E-state index contributed by atoms with van der Waals surface area (Å²) < 4.78 is 10.5. The molecule has 0 saturated carbocycles. The summed E-state index contributed by atoms with van der Waals surface area (Å²) in [6.45, 7) is 2.45. The van der Waals surface area contributed by atoms with E-state index in [1.807, 2.05) is 6.92 Å². The molecule has 0 bridgehead atoms. The van der Waals surface area contributed by atoms with Crippen molar-refractivity contribution >= 4 is 12.3 Å². The Morgan fingerprint density at radius 3 is 2.45 bits per heavy atom. The quantitative estimate of drug-likeness (QED) is 0.476. The third-order valence-corrected chi connectivity index (χ3v) is 2.65. The molecule has 0 aromatic heterocycles. The fourth-order valence-corrected chi connectivity index (χ4v) is 1.68. The number of carbonyl (C=O) groups excluding carboxylic acids is 2. The zero-order valence-corrected chi connectivity index (χ0v) is 11.0. The van der Waals surface area contributed by atoms with Crippen LogP contribution in [0.5, 0.6) is 11.5 Å². The van der Waals surface area contributed by atoms with E-state index in [4.69, 9.17) is 9.47 Å². The van der Waals surface area contributed by atoms with Crippen LogP contribution in [0.1, 0.15) is 27.6 Å². The monoisotopic (exact) mass is 270 g/mol. The van der Waals surface area contributed by atoms with Crippen LogP contribution >= 0.6 is 0 Å². The molecule has 0 aliphatic rings. The number of esters is 1. The minimum absolute atomic E-state index is 0.251. The first kappa shape index (κ1) is 13.8. The van der Waals surface area contributed by atoms with E-state index in [-0.39, 0.29) is 5.75 Å². The molecule has 0 N–H and O–H groups in total. The molecule has 0 aliphatic heterocycles. The molecule has 0 aliphatic carbocycles. The summed E-state index contributed by atoms with van der Waals surface area (Å²) in [6, 6.07) is 13.2. The summed E-state index contributed by atoms with van der Waals surface area (Å²) in [6.07, 6.45) is 0.654. The molecule has 0 heterocycles. The molecular formula is C16H14O4. The molecule has 102 valence electrons. The van der Waals surface area contributed by atoms with E-state index in [2.05, 4.69) is 0 Å². The predicted octanol–water partition coefficient (Wildman–Crippen LogP) is 3.12. The first-order valence-corrected chi connectivity index (χ1v) is 6.24. The van der Waals surface area contributed by atoms with E-state index < -0.39 is 5.97 Å². The molecule has 0 spiro atoms. The number of rotatable bonds is 5. The molecule has 2 aromatic rings. The Bertz CT molecular complexity index is 602. The molecule has 4 nitrogen and oxygen atoms in total. The van der Waals surface area contributed by atoms with Crippen molar-refractivity contribution in [2.45, 2.75) is 6.92 Å². The highest BCUT2D eigenvalue weighted by atomic mass is 16.5. The average Bonchev–Trinajstić information content (AvgIpc) is 2.49. The highest BCUT2D eigenvalue weighted by molar-refractivity contribution is 5.92. The summed E-state index contributed by atoms with van der Waals surface area (Å²) in [5.74, 6) is 0.432. The second-order valence-corrected chi connectivity index (χ2v) is 4.00. The Morgan fingerprint density at radius 2 is 1.80 bits per heavy atom. The molecule has 0 fully saturated rings. The normalized spacial score (nSPS) is 9.85. The van der Waals surface area contributed by atoms with Crippen molar-refractivity contribution in [1.29, 1.82) is 0 Å². The van der Waals surface area contributed by atoms with Crippen LogP contribution in [-0.4, -0.2) is 18.9 Å². The Kier molecular flexibility index (Phi) is 4.50. The van der Waals surface area contributed by atoms with Crippen LogP contribution in [0.3, 0.4) is 0 Å². The SMILES string of the molecule is CCOc1ccc(C(=O)Oc2ccccc2C=O)cc1. The van der Waals surface area contributed by atoms with Gasteiger partial charge in [0.15, 0.2) is 6.29 Å². The zero-order valence-electron chi connectivity index (χ0n) is 11.0. The van der Waals surface area contributed by atoms with Crippen LogP contribution in [0, 0.1) is 0 Å². The molecule has 0 amide bonds. The fraction of sp³-hybridized carbons (Fsp3) is 0.125. The van der Waals surface area contributed by atoms with Gasteiger partial charge in [0.05, 0.1) is 17.7 Å². The summed E-state index contributed by atoms with van der Waals surface area (Å²) >= 11 is 0. The summed E-state index contributed by atoms with van der Waals surface area (Å²) in [5.41, 5.74) is 0.737. The van der Waals surface area contributed by atoms with Gasteiger partial charge < -0.3 is 9.47 Å². The number of hydrogen-bond acceptors (Lipinski definition) is 4. The van der Waals surface area contributed by atoms with E-state index >= 15 is 0 Å². The predicted molar refractivity (Wildman–Crippen MR) is 74.4 cm³/mol. The van der Waals surface area contributed by atoms with Crippen molar-refractivity contribution in [3.8, 4) is 11.5 Å². The molecule has 4 heteroatoms. The number of carbonyl (C=O) groups is 2. The van der Waals surface area contributed by atoms with E-state index in [0.717, 1.165) is 0 Å². The lowest BCUT2D eigenvalue weighted by Gasteiger charge is -2.07. The smallest absolute Gasteiger partial charge is 0.343 e. The van der Waals surface area contributed by atoms with E-state index in [9.17, 15) is 9.59 Å². The molecule has 0 radical (unpaired) electrons. The highest BCUT2D eigenvalue weighted by Crippen LogP contribution is 2.18. The molecular weight excluding hydrogens is 256 g/mol. The van der Waals surface area contributed by atoms with E-state index in [1.165, 1.54) is 0 Å². The third-order valence-electron chi connectivity index (χ3n) is 2.65. The van der Waals surface area contributed by atoms with Gasteiger partial charge in [-0.25, -0.2) is 4.79 Å². The van der Waals surface area contributed by atoms with Gasteiger partial charge in [0, 0.05) is 0 Å². The first-order chi connectivity index (χ1) is 9.74. The van der Waals surface area contributed by atoms with Gasteiger partial charge in [0.2, 0.25) is 0 Å². The van der Waals surface area contributed by atoms with Gasteiger partial charge in [-0.1, -0.05) is 12.1 Å². The van der Waals surface area contributed by atoms with Gasteiger partial charge in [-0.05, 0) is 43.3 Å². The maximum Gasteiger partial charge on any atom is 0.343 e. The minimum Gasteiger partial charge on any atom is -0.494 e. The number of hydrogen-bond donors (Lipinski definition) is 0.